The first kappa shape index (κ1) is 24.2. The molecule has 0 aromatic heterocycles. The van der Waals surface area contributed by atoms with Gasteiger partial charge in [-0.1, -0.05) is 60.1 Å². The Balaban J connectivity index is 1.71. The maximum Gasteiger partial charge on any atom is 0.338 e. The number of halogens is 1. The Kier molecular flexibility index (Phi) is 7.57. The molecule has 35 heavy (non-hydrogen) atoms. The quantitative estimate of drug-likeness (QED) is 0.419. The van der Waals surface area contributed by atoms with E-state index in [4.69, 9.17) is 25.8 Å². The van der Waals surface area contributed by atoms with E-state index in [1.165, 1.54) is 7.11 Å². The number of methoxy groups -OCH3 is 1. The molecule has 8 heteroatoms. The molecule has 0 saturated carbocycles. The SMILES string of the molecule is CCOc1cc(C2NC(=O)NC(c3ccccc3)=C2C(=O)OC)ccc1OCc1cccc(Cl)c1. The predicted octanol–water partition coefficient (Wildman–Crippen LogP) is 5.26. The van der Waals surface area contributed by atoms with Crippen LogP contribution in [0, 0.1) is 0 Å². The lowest BCUT2D eigenvalue weighted by Gasteiger charge is -2.29. The topological polar surface area (TPSA) is 85.9 Å². The summed E-state index contributed by atoms with van der Waals surface area (Å²) < 4.78 is 16.9. The lowest BCUT2D eigenvalue weighted by Crippen LogP contribution is -2.45. The van der Waals surface area contributed by atoms with E-state index in [1.807, 2.05) is 55.5 Å². The average Bonchev–Trinajstić information content (AvgIpc) is 2.87. The van der Waals surface area contributed by atoms with Gasteiger partial charge in [-0.05, 0) is 47.9 Å². The van der Waals surface area contributed by atoms with Gasteiger partial charge < -0.3 is 24.8 Å². The molecule has 0 spiro atoms. The van der Waals surface area contributed by atoms with Gasteiger partial charge in [-0.15, -0.1) is 0 Å². The van der Waals surface area contributed by atoms with Gasteiger partial charge in [0, 0.05) is 5.02 Å². The van der Waals surface area contributed by atoms with Gasteiger partial charge in [0.1, 0.15) is 6.61 Å². The van der Waals surface area contributed by atoms with Crippen molar-refractivity contribution >= 4 is 29.3 Å². The van der Waals surface area contributed by atoms with Crippen molar-refractivity contribution in [3.05, 3.63) is 100 Å². The summed E-state index contributed by atoms with van der Waals surface area (Å²) >= 11 is 6.07. The number of ether oxygens (including phenoxy) is 3. The Bertz CT molecular complexity index is 1260. The van der Waals surface area contributed by atoms with Crippen LogP contribution in [0.3, 0.4) is 0 Å². The van der Waals surface area contributed by atoms with Crippen LogP contribution in [0.4, 0.5) is 4.79 Å². The Morgan fingerprint density at radius 1 is 0.971 bits per heavy atom. The lowest BCUT2D eigenvalue weighted by atomic mass is 9.92. The second kappa shape index (κ2) is 11.0. The van der Waals surface area contributed by atoms with Gasteiger partial charge in [0.25, 0.3) is 0 Å². The number of carbonyl (C=O) groups excluding carboxylic acids is 2. The van der Waals surface area contributed by atoms with E-state index in [1.54, 1.807) is 24.3 Å². The van der Waals surface area contributed by atoms with Crippen LogP contribution < -0.4 is 20.1 Å². The van der Waals surface area contributed by atoms with Crippen LogP contribution in [0.25, 0.3) is 5.70 Å². The van der Waals surface area contributed by atoms with Gasteiger partial charge in [0.15, 0.2) is 11.5 Å². The minimum Gasteiger partial charge on any atom is -0.490 e. The number of benzene rings is 3. The molecule has 3 aromatic rings. The molecular formula is C27H25ClN2O5. The molecule has 3 aromatic carbocycles. The molecular weight excluding hydrogens is 468 g/mol. The molecule has 0 bridgehead atoms. The fourth-order valence-electron chi connectivity index (χ4n) is 3.86. The van der Waals surface area contributed by atoms with Gasteiger partial charge in [0.2, 0.25) is 0 Å². The number of urea groups is 1. The highest BCUT2D eigenvalue weighted by molar-refractivity contribution is 6.30. The minimum atomic E-state index is -0.757. The van der Waals surface area contributed by atoms with Crippen LogP contribution in [0.2, 0.25) is 5.02 Å². The molecule has 0 radical (unpaired) electrons. The van der Waals surface area contributed by atoms with Crippen LogP contribution in [-0.2, 0) is 16.1 Å². The molecule has 1 aliphatic heterocycles. The van der Waals surface area contributed by atoms with E-state index < -0.39 is 18.0 Å². The summed E-state index contributed by atoms with van der Waals surface area (Å²) in [4.78, 5) is 25.4. The first-order valence-corrected chi connectivity index (χ1v) is 11.5. The third-order valence-electron chi connectivity index (χ3n) is 5.42. The molecule has 0 aliphatic carbocycles. The van der Waals surface area contributed by atoms with Crippen molar-refractivity contribution < 1.29 is 23.8 Å². The summed E-state index contributed by atoms with van der Waals surface area (Å²) in [5.41, 5.74) is 2.93. The van der Waals surface area contributed by atoms with Crippen molar-refractivity contribution in [2.24, 2.45) is 0 Å². The van der Waals surface area contributed by atoms with Gasteiger partial charge in [-0.2, -0.15) is 0 Å². The number of esters is 1. The summed E-state index contributed by atoms with van der Waals surface area (Å²) in [6.45, 7) is 2.58. The van der Waals surface area contributed by atoms with E-state index in [2.05, 4.69) is 10.6 Å². The van der Waals surface area contributed by atoms with Crippen molar-refractivity contribution in [2.45, 2.75) is 19.6 Å². The molecule has 4 rings (SSSR count). The predicted molar refractivity (Wildman–Crippen MR) is 133 cm³/mol. The number of nitrogens with one attached hydrogen (secondary N) is 2. The van der Waals surface area contributed by atoms with Gasteiger partial charge in [0.05, 0.1) is 31.0 Å². The molecule has 0 saturated heterocycles. The Morgan fingerprint density at radius 3 is 2.49 bits per heavy atom. The standard InChI is InChI=1S/C27H25ClN2O5/c1-3-34-22-15-19(12-13-21(22)35-16-17-8-7-11-20(28)14-17)25-23(26(31)33-2)24(29-27(32)30-25)18-9-5-4-6-10-18/h4-15,25H,3,16H2,1-2H3,(H2,29,30,32). The maximum absolute atomic E-state index is 12.9. The average molecular weight is 493 g/mol. The fourth-order valence-corrected chi connectivity index (χ4v) is 4.07. The van der Waals surface area contributed by atoms with Crippen LogP contribution in [-0.4, -0.2) is 25.7 Å². The zero-order valence-corrected chi connectivity index (χ0v) is 20.1. The highest BCUT2D eigenvalue weighted by Crippen LogP contribution is 2.37. The van der Waals surface area contributed by atoms with E-state index >= 15 is 0 Å². The summed E-state index contributed by atoms with van der Waals surface area (Å²) in [6, 6.07) is 20.7. The van der Waals surface area contributed by atoms with E-state index in [-0.39, 0.29) is 5.57 Å². The highest BCUT2D eigenvalue weighted by Gasteiger charge is 2.34. The number of carbonyl (C=O) groups is 2. The second-order valence-electron chi connectivity index (χ2n) is 7.74. The first-order chi connectivity index (χ1) is 17.0. The first-order valence-electron chi connectivity index (χ1n) is 11.1. The smallest absolute Gasteiger partial charge is 0.338 e. The molecule has 1 atom stereocenters. The third kappa shape index (κ3) is 5.58. The normalized spacial score (nSPS) is 15.2. The largest absolute Gasteiger partial charge is 0.490 e. The molecule has 2 N–H and O–H groups in total. The number of amides is 2. The van der Waals surface area contributed by atoms with E-state index in [0.717, 1.165) is 5.56 Å². The zero-order chi connectivity index (χ0) is 24.8. The van der Waals surface area contributed by atoms with Crippen LogP contribution in [0.15, 0.2) is 78.4 Å². The summed E-state index contributed by atoms with van der Waals surface area (Å²) in [7, 11) is 1.31. The molecule has 1 unspecified atom stereocenters. The van der Waals surface area contributed by atoms with Crippen LogP contribution >= 0.6 is 11.6 Å². The molecule has 2 amide bonds. The number of rotatable bonds is 8. The van der Waals surface area contributed by atoms with E-state index in [0.29, 0.717) is 46.6 Å². The fraction of sp³-hybridized carbons (Fsp3) is 0.185. The maximum atomic E-state index is 12.9. The van der Waals surface area contributed by atoms with Crippen LogP contribution in [0.5, 0.6) is 11.5 Å². The van der Waals surface area contributed by atoms with Crippen LogP contribution in [0.1, 0.15) is 29.7 Å². The highest BCUT2D eigenvalue weighted by atomic mass is 35.5. The molecule has 0 fully saturated rings. The number of hydrogen-bond donors (Lipinski definition) is 2. The van der Waals surface area contributed by atoms with Crippen molar-refractivity contribution in [3.8, 4) is 11.5 Å². The minimum absolute atomic E-state index is 0.286. The molecule has 1 heterocycles. The molecule has 180 valence electrons. The Morgan fingerprint density at radius 2 is 1.77 bits per heavy atom. The summed E-state index contributed by atoms with van der Waals surface area (Å²) in [5.74, 6) is 0.466. The Labute approximate surface area is 208 Å². The van der Waals surface area contributed by atoms with Gasteiger partial charge >= 0.3 is 12.0 Å². The van der Waals surface area contributed by atoms with Crippen molar-refractivity contribution in [2.75, 3.05) is 13.7 Å². The molecule has 1 aliphatic rings. The van der Waals surface area contributed by atoms with Crippen molar-refractivity contribution in [1.82, 2.24) is 10.6 Å². The molecule has 7 nitrogen and oxygen atoms in total. The summed E-state index contributed by atoms with van der Waals surface area (Å²) in [5, 5.41) is 6.21. The van der Waals surface area contributed by atoms with Crippen molar-refractivity contribution in [3.63, 3.8) is 0 Å². The zero-order valence-electron chi connectivity index (χ0n) is 19.3. The monoisotopic (exact) mass is 492 g/mol. The number of hydrogen-bond acceptors (Lipinski definition) is 5. The summed E-state index contributed by atoms with van der Waals surface area (Å²) in [6.07, 6.45) is 0. The van der Waals surface area contributed by atoms with E-state index in [9.17, 15) is 9.59 Å². The third-order valence-corrected chi connectivity index (χ3v) is 5.66. The van der Waals surface area contributed by atoms with Crippen molar-refractivity contribution in [1.29, 1.82) is 0 Å². The van der Waals surface area contributed by atoms with Gasteiger partial charge in [-0.25, -0.2) is 9.59 Å². The Hall–Kier alpha value is -3.97. The lowest BCUT2D eigenvalue weighted by molar-refractivity contribution is -0.136. The second-order valence-corrected chi connectivity index (χ2v) is 8.17. The van der Waals surface area contributed by atoms with Gasteiger partial charge in [-0.3, -0.25) is 0 Å².